The van der Waals surface area contributed by atoms with Crippen LogP contribution in [0.1, 0.15) is 12.5 Å². The van der Waals surface area contributed by atoms with Crippen molar-refractivity contribution in [2.24, 2.45) is 0 Å². The van der Waals surface area contributed by atoms with Gasteiger partial charge in [0.2, 0.25) is 17.5 Å². The molecule has 0 radical (unpaired) electrons. The number of ether oxygens (including phenoxy) is 7. The van der Waals surface area contributed by atoms with Gasteiger partial charge in [0.15, 0.2) is 41.2 Å². The molecule has 3 heterocycles. The third-order valence-electron chi connectivity index (χ3n) is 9.34. The largest absolute Gasteiger partial charge is 0.508 e. The first-order valence-electron chi connectivity index (χ1n) is 17.3. The van der Waals surface area contributed by atoms with Crippen molar-refractivity contribution in [1.82, 2.24) is 0 Å². The summed E-state index contributed by atoms with van der Waals surface area (Å²) in [5.41, 5.74) is -0.839. The summed E-state index contributed by atoms with van der Waals surface area (Å²) in [5, 5.41) is 94.5. The van der Waals surface area contributed by atoms with Crippen LogP contribution in [0.3, 0.4) is 0 Å². The van der Waals surface area contributed by atoms with Crippen molar-refractivity contribution in [3.8, 4) is 51.6 Å². The van der Waals surface area contributed by atoms with E-state index in [0.29, 0.717) is 5.56 Å². The predicted octanol–water partition coefficient (Wildman–Crippen LogP) is 0.594. The van der Waals surface area contributed by atoms with Gasteiger partial charge in [0, 0.05) is 23.8 Å². The standard InChI is InChI=1S/C38H40O19/c1-15-28(44)31(47)33(49)37(53-15)57-36-32(48)29(45)25(14-52-26(43)9-5-16-4-7-19(40)22(10-16)50-2)55-38(36)56-35-30(46)27-21(42)12-18(39)13-24(27)54-34(35)17-6-8-20(41)23(11-17)51-3/h4-13,15,25,28-29,31-33,36-42,44-45,47-49H,14H2,1-3H3. The van der Waals surface area contributed by atoms with Gasteiger partial charge in [0.1, 0.15) is 65.7 Å². The van der Waals surface area contributed by atoms with Crippen molar-refractivity contribution in [1.29, 1.82) is 0 Å². The highest BCUT2D eigenvalue weighted by molar-refractivity contribution is 5.88. The molecule has 10 atom stereocenters. The summed E-state index contributed by atoms with van der Waals surface area (Å²) < 4.78 is 44.9. The van der Waals surface area contributed by atoms with Crippen LogP contribution in [0.15, 0.2) is 63.8 Å². The molecule has 1 aromatic heterocycles. The first-order valence-corrected chi connectivity index (χ1v) is 17.3. The number of rotatable bonds is 11. The number of aromatic hydroxyl groups is 4. The molecule has 9 N–H and O–H groups in total. The lowest BCUT2D eigenvalue weighted by atomic mass is 9.97. The van der Waals surface area contributed by atoms with E-state index >= 15 is 0 Å². The molecule has 0 aliphatic carbocycles. The van der Waals surface area contributed by atoms with Crippen LogP contribution in [-0.4, -0.2) is 134 Å². The number of aliphatic hydroxyl groups excluding tert-OH is 5. The van der Waals surface area contributed by atoms with Gasteiger partial charge < -0.3 is 83.5 Å². The van der Waals surface area contributed by atoms with Gasteiger partial charge in [-0.1, -0.05) is 6.07 Å². The molecule has 306 valence electrons. The van der Waals surface area contributed by atoms with Crippen molar-refractivity contribution in [2.45, 2.75) is 68.3 Å². The zero-order valence-electron chi connectivity index (χ0n) is 30.4. The normalized spacial score (nSPS) is 27.6. The SMILES string of the molecule is COc1cc(C=CC(=O)OCC2OC(Oc3c(-c4ccc(O)c(OC)c4)oc4cc(O)cc(O)c4c3=O)C(OC3OC(C)C(O)C(O)C3O)C(O)C2O)ccc1O. The van der Waals surface area contributed by atoms with Crippen molar-refractivity contribution < 1.29 is 88.3 Å². The molecule has 19 nitrogen and oxygen atoms in total. The molecule has 2 fully saturated rings. The van der Waals surface area contributed by atoms with Gasteiger partial charge in [-0.2, -0.15) is 0 Å². The lowest BCUT2D eigenvalue weighted by Crippen LogP contribution is -2.64. The number of phenols is 4. The minimum atomic E-state index is -2.02. The Hall–Kier alpha value is -5.64. The van der Waals surface area contributed by atoms with E-state index in [4.69, 9.17) is 37.6 Å². The quantitative estimate of drug-likeness (QED) is 0.0741. The van der Waals surface area contributed by atoms with Crippen LogP contribution in [0.5, 0.6) is 40.2 Å². The van der Waals surface area contributed by atoms with E-state index < -0.39 is 102 Å². The van der Waals surface area contributed by atoms with Gasteiger partial charge in [0.25, 0.3) is 0 Å². The number of hydrogen-bond donors (Lipinski definition) is 9. The smallest absolute Gasteiger partial charge is 0.330 e. The van der Waals surface area contributed by atoms with Crippen molar-refractivity contribution >= 4 is 23.0 Å². The average Bonchev–Trinajstić information content (AvgIpc) is 3.18. The van der Waals surface area contributed by atoms with Crippen LogP contribution in [0.4, 0.5) is 0 Å². The van der Waals surface area contributed by atoms with Crippen molar-refractivity contribution in [3.05, 3.63) is 70.4 Å². The zero-order valence-corrected chi connectivity index (χ0v) is 30.4. The fourth-order valence-electron chi connectivity index (χ4n) is 6.24. The molecule has 10 unspecified atom stereocenters. The van der Waals surface area contributed by atoms with Crippen LogP contribution < -0.4 is 19.6 Å². The number of carbonyl (C=O) groups is 1. The lowest BCUT2D eigenvalue weighted by Gasteiger charge is -2.45. The Labute approximate surface area is 322 Å². The topological polar surface area (TPSA) is 294 Å². The number of benzene rings is 3. The van der Waals surface area contributed by atoms with Crippen LogP contribution >= 0.6 is 0 Å². The van der Waals surface area contributed by atoms with E-state index in [-0.39, 0.29) is 39.9 Å². The van der Waals surface area contributed by atoms with Crippen LogP contribution in [0.2, 0.25) is 0 Å². The van der Waals surface area contributed by atoms with Crippen LogP contribution in [0.25, 0.3) is 28.4 Å². The molecular formula is C38H40O19. The van der Waals surface area contributed by atoms with Crippen molar-refractivity contribution in [2.75, 3.05) is 20.8 Å². The second-order valence-electron chi connectivity index (χ2n) is 13.1. The van der Waals surface area contributed by atoms with Crippen LogP contribution in [-0.2, 0) is 23.7 Å². The summed E-state index contributed by atoms with van der Waals surface area (Å²) in [6, 6.07) is 10.0. The first kappa shape index (κ1) is 41.0. The van der Waals surface area contributed by atoms with E-state index in [1.54, 1.807) is 0 Å². The molecule has 2 aliphatic rings. The summed E-state index contributed by atoms with van der Waals surface area (Å²) in [5.74, 6) is -3.51. The molecule has 19 heteroatoms. The van der Waals surface area contributed by atoms with Crippen LogP contribution in [0, 0.1) is 0 Å². The van der Waals surface area contributed by atoms with Gasteiger partial charge in [-0.05, 0) is 48.9 Å². The molecule has 6 rings (SSSR count). The Morgan fingerprint density at radius 3 is 2.16 bits per heavy atom. The minimum absolute atomic E-state index is 0.0517. The highest BCUT2D eigenvalue weighted by Crippen LogP contribution is 2.40. The number of esters is 1. The number of phenolic OH excluding ortho intramolecular Hbond substituents is 4. The van der Waals surface area contributed by atoms with Gasteiger partial charge in [-0.15, -0.1) is 0 Å². The van der Waals surface area contributed by atoms with Crippen molar-refractivity contribution in [3.63, 3.8) is 0 Å². The van der Waals surface area contributed by atoms with E-state index in [9.17, 15) is 55.5 Å². The van der Waals surface area contributed by atoms with Gasteiger partial charge in [-0.25, -0.2) is 4.79 Å². The lowest BCUT2D eigenvalue weighted by molar-refractivity contribution is -0.354. The summed E-state index contributed by atoms with van der Waals surface area (Å²) >= 11 is 0. The summed E-state index contributed by atoms with van der Waals surface area (Å²) in [6.45, 7) is 0.651. The number of fused-ring (bicyclic) bond motifs is 1. The Morgan fingerprint density at radius 1 is 0.772 bits per heavy atom. The Kier molecular flexibility index (Phi) is 12.1. The monoisotopic (exact) mass is 800 g/mol. The van der Waals surface area contributed by atoms with Gasteiger partial charge >= 0.3 is 5.97 Å². The highest BCUT2D eigenvalue weighted by Gasteiger charge is 2.51. The average molecular weight is 801 g/mol. The van der Waals surface area contributed by atoms with Gasteiger partial charge in [0.05, 0.1) is 20.3 Å². The third kappa shape index (κ3) is 8.41. The summed E-state index contributed by atoms with van der Waals surface area (Å²) in [4.78, 5) is 26.9. The highest BCUT2D eigenvalue weighted by atomic mass is 16.8. The molecule has 2 aliphatic heterocycles. The zero-order chi connectivity index (χ0) is 41.3. The number of hydrogen-bond acceptors (Lipinski definition) is 19. The maximum absolute atomic E-state index is 14.2. The molecule has 57 heavy (non-hydrogen) atoms. The molecule has 0 amide bonds. The van der Waals surface area contributed by atoms with E-state index in [1.165, 1.54) is 63.6 Å². The summed E-state index contributed by atoms with van der Waals surface area (Å²) in [7, 11) is 2.61. The fraction of sp³-hybridized carbons (Fsp3) is 0.368. The Balaban J connectivity index is 1.37. The number of carbonyl (C=O) groups excluding carboxylic acids is 1. The maximum Gasteiger partial charge on any atom is 0.330 e. The summed E-state index contributed by atoms with van der Waals surface area (Å²) in [6.07, 6.45) is -15.1. The third-order valence-corrected chi connectivity index (χ3v) is 9.34. The molecule has 0 spiro atoms. The second-order valence-corrected chi connectivity index (χ2v) is 13.1. The molecule has 0 saturated carbocycles. The van der Waals surface area contributed by atoms with E-state index in [2.05, 4.69) is 0 Å². The fourth-order valence-corrected chi connectivity index (χ4v) is 6.24. The molecular weight excluding hydrogens is 760 g/mol. The van der Waals surface area contributed by atoms with E-state index in [0.717, 1.165) is 18.2 Å². The number of aliphatic hydroxyl groups is 5. The Morgan fingerprint density at radius 2 is 1.46 bits per heavy atom. The van der Waals surface area contributed by atoms with Gasteiger partial charge in [-0.3, -0.25) is 4.79 Å². The Bertz CT molecular complexity index is 2180. The number of methoxy groups -OCH3 is 2. The predicted molar refractivity (Wildman–Crippen MR) is 193 cm³/mol. The maximum atomic E-state index is 14.2. The van der Waals surface area contributed by atoms with E-state index in [1.807, 2.05) is 0 Å². The molecule has 4 aromatic rings. The first-order chi connectivity index (χ1) is 27.1. The minimum Gasteiger partial charge on any atom is -0.508 e. The molecule has 0 bridgehead atoms. The molecule has 3 aromatic carbocycles. The second kappa shape index (κ2) is 16.8. The molecule has 2 saturated heterocycles.